The minimum absolute atomic E-state index is 0.593. The number of nitrogens with one attached hydrogen (secondary N) is 1. The van der Waals surface area contributed by atoms with Crippen LogP contribution in [0, 0.1) is 5.92 Å². The summed E-state index contributed by atoms with van der Waals surface area (Å²) in [4.78, 5) is 3.91. The van der Waals surface area contributed by atoms with Crippen LogP contribution in [0.1, 0.15) is 44.8 Å². The Labute approximate surface area is 91.3 Å². The molecule has 0 bridgehead atoms. The van der Waals surface area contributed by atoms with Gasteiger partial charge in [0.25, 0.3) is 0 Å². The number of nitrogens with zero attached hydrogens (tertiary/aromatic N) is 1. The van der Waals surface area contributed by atoms with E-state index in [0.717, 1.165) is 18.2 Å². The standard InChI is InChI=1S/C12H20N2O/c1-10(11-5-3-2-4-6-11)14-8-12-7-13-9-15-12/h7,9-11,14H,2-6,8H2,1H3. The van der Waals surface area contributed by atoms with Gasteiger partial charge >= 0.3 is 0 Å². The molecule has 2 rings (SSSR count). The molecule has 1 atom stereocenters. The molecule has 1 aliphatic carbocycles. The van der Waals surface area contributed by atoms with E-state index in [-0.39, 0.29) is 0 Å². The minimum atomic E-state index is 0.593. The summed E-state index contributed by atoms with van der Waals surface area (Å²) in [6.45, 7) is 3.09. The van der Waals surface area contributed by atoms with Crippen molar-refractivity contribution in [2.24, 2.45) is 5.92 Å². The molecule has 3 nitrogen and oxygen atoms in total. The van der Waals surface area contributed by atoms with Crippen molar-refractivity contribution in [3.05, 3.63) is 18.4 Å². The van der Waals surface area contributed by atoms with Gasteiger partial charge in [-0.15, -0.1) is 0 Å². The maximum Gasteiger partial charge on any atom is 0.180 e. The van der Waals surface area contributed by atoms with E-state index in [1.807, 2.05) is 0 Å². The monoisotopic (exact) mass is 208 g/mol. The highest BCUT2D eigenvalue weighted by molar-refractivity contribution is 4.88. The van der Waals surface area contributed by atoms with Gasteiger partial charge in [-0.2, -0.15) is 0 Å². The molecule has 1 fully saturated rings. The second-order valence-corrected chi connectivity index (χ2v) is 4.54. The van der Waals surface area contributed by atoms with Gasteiger partial charge in [0.2, 0.25) is 0 Å². The van der Waals surface area contributed by atoms with Crippen molar-refractivity contribution in [3.8, 4) is 0 Å². The molecule has 0 spiro atoms. The van der Waals surface area contributed by atoms with Crippen LogP contribution in [0.4, 0.5) is 0 Å². The van der Waals surface area contributed by atoms with E-state index in [9.17, 15) is 0 Å². The smallest absolute Gasteiger partial charge is 0.180 e. The predicted molar refractivity (Wildman–Crippen MR) is 59.4 cm³/mol. The van der Waals surface area contributed by atoms with Crippen molar-refractivity contribution >= 4 is 0 Å². The minimum Gasteiger partial charge on any atom is -0.447 e. The van der Waals surface area contributed by atoms with E-state index in [1.54, 1.807) is 6.20 Å². The molecule has 0 saturated heterocycles. The van der Waals surface area contributed by atoms with Crippen LogP contribution in [-0.2, 0) is 6.54 Å². The molecule has 3 heteroatoms. The molecular weight excluding hydrogens is 188 g/mol. The first kappa shape index (κ1) is 10.7. The van der Waals surface area contributed by atoms with Crippen molar-refractivity contribution in [1.82, 2.24) is 10.3 Å². The Morgan fingerprint density at radius 2 is 2.27 bits per heavy atom. The lowest BCUT2D eigenvalue weighted by Crippen LogP contribution is -2.34. The quantitative estimate of drug-likeness (QED) is 0.826. The SMILES string of the molecule is CC(NCc1cnco1)C1CCCCC1. The Kier molecular flexibility index (Phi) is 3.78. The number of hydrogen-bond acceptors (Lipinski definition) is 3. The summed E-state index contributed by atoms with van der Waals surface area (Å²) in [5.41, 5.74) is 0. The highest BCUT2D eigenvalue weighted by Gasteiger charge is 2.19. The summed E-state index contributed by atoms with van der Waals surface area (Å²) in [6.07, 6.45) is 10.3. The summed E-state index contributed by atoms with van der Waals surface area (Å²) in [7, 11) is 0. The molecule has 1 aromatic heterocycles. The van der Waals surface area contributed by atoms with E-state index < -0.39 is 0 Å². The first-order chi connectivity index (χ1) is 7.36. The second-order valence-electron chi connectivity index (χ2n) is 4.54. The van der Waals surface area contributed by atoms with Crippen LogP contribution in [0.25, 0.3) is 0 Å². The maximum absolute atomic E-state index is 5.20. The van der Waals surface area contributed by atoms with Gasteiger partial charge in [0.1, 0.15) is 5.76 Å². The third kappa shape index (κ3) is 3.06. The predicted octanol–water partition coefficient (Wildman–Crippen LogP) is 2.73. The summed E-state index contributed by atoms with van der Waals surface area (Å²) >= 11 is 0. The van der Waals surface area contributed by atoms with Crippen LogP contribution >= 0.6 is 0 Å². The Bertz CT molecular complexity index is 265. The molecule has 0 amide bonds. The zero-order valence-electron chi connectivity index (χ0n) is 9.41. The average Bonchev–Trinajstić information content (AvgIpc) is 2.80. The van der Waals surface area contributed by atoms with E-state index in [0.29, 0.717) is 6.04 Å². The second kappa shape index (κ2) is 5.31. The lowest BCUT2D eigenvalue weighted by molar-refractivity contribution is 0.275. The molecule has 0 aromatic carbocycles. The highest BCUT2D eigenvalue weighted by Crippen LogP contribution is 2.26. The molecule has 1 saturated carbocycles. The fourth-order valence-corrected chi connectivity index (χ4v) is 2.39. The van der Waals surface area contributed by atoms with Crippen molar-refractivity contribution in [2.75, 3.05) is 0 Å². The molecule has 1 N–H and O–H groups in total. The zero-order valence-corrected chi connectivity index (χ0v) is 9.41. The molecule has 1 aromatic rings. The fourth-order valence-electron chi connectivity index (χ4n) is 2.39. The summed E-state index contributed by atoms with van der Waals surface area (Å²) in [5, 5.41) is 3.52. The van der Waals surface area contributed by atoms with Crippen LogP contribution in [0.15, 0.2) is 17.0 Å². The Morgan fingerprint density at radius 1 is 1.47 bits per heavy atom. The first-order valence-corrected chi connectivity index (χ1v) is 5.97. The van der Waals surface area contributed by atoms with Crippen molar-refractivity contribution in [1.29, 1.82) is 0 Å². The van der Waals surface area contributed by atoms with Gasteiger partial charge < -0.3 is 9.73 Å². The Balaban J connectivity index is 1.74. The van der Waals surface area contributed by atoms with Crippen LogP contribution in [0.3, 0.4) is 0 Å². The van der Waals surface area contributed by atoms with E-state index in [4.69, 9.17) is 4.42 Å². The van der Waals surface area contributed by atoms with Gasteiger partial charge in [-0.05, 0) is 25.7 Å². The maximum atomic E-state index is 5.20. The molecule has 15 heavy (non-hydrogen) atoms. The van der Waals surface area contributed by atoms with Crippen molar-refractivity contribution in [3.63, 3.8) is 0 Å². The van der Waals surface area contributed by atoms with Gasteiger partial charge in [-0.25, -0.2) is 4.98 Å². The van der Waals surface area contributed by atoms with E-state index in [2.05, 4.69) is 17.2 Å². The van der Waals surface area contributed by atoms with Crippen LogP contribution in [-0.4, -0.2) is 11.0 Å². The normalized spacial score (nSPS) is 20.3. The zero-order chi connectivity index (χ0) is 10.5. The topological polar surface area (TPSA) is 38.1 Å². The van der Waals surface area contributed by atoms with Gasteiger partial charge in [-0.3, -0.25) is 0 Å². The van der Waals surface area contributed by atoms with Gasteiger partial charge in [-0.1, -0.05) is 19.3 Å². The summed E-state index contributed by atoms with van der Waals surface area (Å²) in [5.74, 6) is 1.78. The summed E-state index contributed by atoms with van der Waals surface area (Å²) in [6, 6.07) is 0.593. The third-order valence-electron chi connectivity index (χ3n) is 3.44. The first-order valence-electron chi connectivity index (χ1n) is 5.97. The number of rotatable bonds is 4. The van der Waals surface area contributed by atoms with Crippen LogP contribution in [0.5, 0.6) is 0 Å². The van der Waals surface area contributed by atoms with Crippen LogP contribution in [0.2, 0.25) is 0 Å². The largest absolute Gasteiger partial charge is 0.447 e. The van der Waals surface area contributed by atoms with Crippen LogP contribution < -0.4 is 5.32 Å². The molecular formula is C12H20N2O. The van der Waals surface area contributed by atoms with E-state index in [1.165, 1.54) is 38.5 Å². The number of hydrogen-bond donors (Lipinski definition) is 1. The molecule has 1 heterocycles. The van der Waals surface area contributed by atoms with Crippen molar-refractivity contribution in [2.45, 2.75) is 51.6 Å². The molecule has 1 unspecified atom stereocenters. The van der Waals surface area contributed by atoms with Gasteiger partial charge in [0, 0.05) is 6.04 Å². The molecule has 1 aliphatic rings. The van der Waals surface area contributed by atoms with Gasteiger partial charge in [0.05, 0.1) is 12.7 Å². The van der Waals surface area contributed by atoms with Crippen molar-refractivity contribution < 1.29 is 4.42 Å². The fraction of sp³-hybridized carbons (Fsp3) is 0.750. The van der Waals surface area contributed by atoms with Gasteiger partial charge in [0.15, 0.2) is 6.39 Å². The Hall–Kier alpha value is -0.830. The molecule has 0 aliphatic heterocycles. The average molecular weight is 208 g/mol. The molecule has 0 radical (unpaired) electrons. The Morgan fingerprint density at radius 3 is 2.93 bits per heavy atom. The highest BCUT2D eigenvalue weighted by atomic mass is 16.3. The third-order valence-corrected chi connectivity index (χ3v) is 3.44. The lowest BCUT2D eigenvalue weighted by atomic mass is 9.84. The van der Waals surface area contributed by atoms with E-state index >= 15 is 0 Å². The number of aromatic nitrogens is 1. The lowest BCUT2D eigenvalue weighted by Gasteiger charge is -2.28. The number of oxazole rings is 1. The summed E-state index contributed by atoms with van der Waals surface area (Å²) < 4.78 is 5.20. The molecule has 84 valence electrons.